The summed E-state index contributed by atoms with van der Waals surface area (Å²) in [6.45, 7) is 2.00. The minimum absolute atomic E-state index is 0.401. The summed E-state index contributed by atoms with van der Waals surface area (Å²) in [5, 5.41) is 4.30. The van der Waals surface area contributed by atoms with E-state index in [0.717, 1.165) is 29.7 Å². The lowest BCUT2D eigenvalue weighted by atomic mass is 10.1. The number of H-pyrrole nitrogens is 1. The molecule has 0 radical (unpaired) electrons. The third-order valence-electron chi connectivity index (χ3n) is 3.65. The Kier molecular flexibility index (Phi) is 2.48. The van der Waals surface area contributed by atoms with E-state index in [1.165, 1.54) is 0 Å². The Hall–Kier alpha value is -2.01. The normalized spacial score (nSPS) is 15.6. The van der Waals surface area contributed by atoms with Crippen LogP contribution in [0.3, 0.4) is 0 Å². The smallest absolute Gasteiger partial charge is 0.250 e. The highest BCUT2D eigenvalue weighted by Crippen LogP contribution is 2.29. The summed E-state index contributed by atoms with van der Waals surface area (Å²) >= 11 is 0. The zero-order valence-electron chi connectivity index (χ0n) is 10.2. The van der Waals surface area contributed by atoms with Gasteiger partial charge in [-0.2, -0.15) is 0 Å². The molecule has 1 saturated heterocycles. The molecule has 5 heteroatoms. The highest BCUT2D eigenvalue weighted by molar-refractivity contribution is 6.08. The van der Waals surface area contributed by atoms with Gasteiger partial charge in [0, 0.05) is 37.4 Å². The molecule has 2 heterocycles. The number of carbonyl (C=O) groups excluding carboxylic acids is 1. The number of nitrogens with one attached hydrogen (secondary N) is 2. The molecule has 1 aliphatic rings. The quantitative estimate of drug-likeness (QED) is 0.743. The molecule has 1 fully saturated rings. The van der Waals surface area contributed by atoms with Crippen molar-refractivity contribution in [2.45, 2.75) is 6.04 Å². The molecule has 0 atom stereocenters. The Bertz CT molecular complexity index is 600. The van der Waals surface area contributed by atoms with Crippen LogP contribution in [0.25, 0.3) is 10.9 Å². The van der Waals surface area contributed by atoms with Crippen molar-refractivity contribution in [1.82, 2.24) is 10.3 Å². The van der Waals surface area contributed by atoms with Crippen molar-refractivity contribution >= 4 is 22.5 Å². The second-order valence-corrected chi connectivity index (χ2v) is 4.69. The fraction of sp³-hybridized carbons (Fsp3) is 0.308. The number of nitrogens with two attached hydrogens (primary N) is 1. The van der Waals surface area contributed by atoms with Crippen molar-refractivity contribution < 1.29 is 4.79 Å². The molecule has 94 valence electrons. The number of primary amides is 1. The molecule has 0 spiro atoms. The van der Waals surface area contributed by atoms with E-state index in [9.17, 15) is 4.79 Å². The number of carbonyl (C=O) groups is 1. The van der Waals surface area contributed by atoms with E-state index >= 15 is 0 Å². The van der Waals surface area contributed by atoms with Gasteiger partial charge in [-0.3, -0.25) is 4.79 Å². The molecule has 1 amide bonds. The lowest BCUT2D eigenvalue weighted by Gasteiger charge is -2.37. The van der Waals surface area contributed by atoms with Gasteiger partial charge >= 0.3 is 0 Å². The molecule has 0 unspecified atom stereocenters. The van der Waals surface area contributed by atoms with Crippen LogP contribution in [0.4, 0.5) is 5.69 Å². The highest BCUT2D eigenvalue weighted by Gasteiger charge is 2.23. The average molecular weight is 244 g/mol. The number of aromatic amines is 1. The zero-order valence-corrected chi connectivity index (χ0v) is 10.2. The predicted molar refractivity (Wildman–Crippen MR) is 71.9 cm³/mol. The van der Waals surface area contributed by atoms with E-state index in [1.807, 2.05) is 18.3 Å². The van der Waals surface area contributed by atoms with Crippen LogP contribution in [0, 0.1) is 0 Å². The molecule has 4 N–H and O–H groups in total. The molecular formula is C13H16N4O. The van der Waals surface area contributed by atoms with Crippen molar-refractivity contribution in [3.05, 3.63) is 30.0 Å². The monoisotopic (exact) mass is 244 g/mol. The van der Waals surface area contributed by atoms with Gasteiger partial charge in [-0.25, -0.2) is 0 Å². The van der Waals surface area contributed by atoms with Crippen molar-refractivity contribution in [3.8, 4) is 0 Å². The van der Waals surface area contributed by atoms with Crippen LogP contribution in [0.15, 0.2) is 24.4 Å². The maximum atomic E-state index is 11.4. The summed E-state index contributed by atoms with van der Waals surface area (Å²) in [4.78, 5) is 16.7. The molecule has 0 aliphatic carbocycles. The summed E-state index contributed by atoms with van der Waals surface area (Å²) in [7, 11) is 2.08. The number of nitrogens with zero attached hydrogens (tertiary/aromatic N) is 1. The highest BCUT2D eigenvalue weighted by atomic mass is 16.1. The van der Waals surface area contributed by atoms with E-state index in [4.69, 9.17) is 5.73 Å². The molecule has 1 aromatic carbocycles. The third kappa shape index (κ3) is 1.55. The second-order valence-electron chi connectivity index (χ2n) is 4.69. The van der Waals surface area contributed by atoms with Gasteiger partial charge in [0.2, 0.25) is 0 Å². The topological polar surface area (TPSA) is 74.1 Å². The minimum Gasteiger partial charge on any atom is -0.369 e. The van der Waals surface area contributed by atoms with Crippen LogP contribution < -0.4 is 16.0 Å². The van der Waals surface area contributed by atoms with Crippen molar-refractivity contribution in [3.63, 3.8) is 0 Å². The molecule has 3 rings (SSSR count). The van der Waals surface area contributed by atoms with Gasteiger partial charge in [0.05, 0.1) is 17.1 Å². The van der Waals surface area contributed by atoms with Gasteiger partial charge in [0.1, 0.15) is 0 Å². The largest absolute Gasteiger partial charge is 0.369 e. The van der Waals surface area contributed by atoms with E-state index in [1.54, 1.807) is 6.07 Å². The number of amides is 1. The Morgan fingerprint density at radius 3 is 2.78 bits per heavy atom. The van der Waals surface area contributed by atoms with Crippen molar-refractivity contribution in [1.29, 1.82) is 0 Å². The average Bonchev–Trinajstić information content (AvgIpc) is 2.73. The van der Waals surface area contributed by atoms with Gasteiger partial charge < -0.3 is 20.9 Å². The van der Waals surface area contributed by atoms with Crippen LogP contribution in [0.2, 0.25) is 0 Å². The van der Waals surface area contributed by atoms with E-state index in [2.05, 4.69) is 22.2 Å². The van der Waals surface area contributed by atoms with Gasteiger partial charge in [0.15, 0.2) is 0 Å². The Labute approximate surface area is 105 Å². The first-order valence-electron chi connectivity index (χ1n) is 6.02. The van der Waals surface area contributed by atoms with E-state index in [0.29, 0.717) is 11.6 Å². The summed E-state index contributed by atoms with van der Waals surface area (Å²) in [6.07, 6.45) is 1.84. The number of fused-ring (bicyclic) bond motifs is 1. The predicted octanol–water partition coefficient (Wildman–Crippen LogP) is 0.675. The molecule has 18 heavy (non-hydrogen) atoms. The standard InChI is InChI=1S/C13H16N4O/c1-17(8-6-15-7-8)11-3-2-10(13(14)18)12-9(11)4-5-16-12/h2-5,8,15-16H,6-7H2,1H3,(H2,14,18). The minimum atomic E-state index is -0.401. The van der Waals surface area contributed by atoms with E-state index in [-0.39, 0.29) is 0 Å². The summed E-state index contributed by atoms with van der Waals surface area (Å²) in [5.74, 6) is -0.401. The fourth-order valence-electron chi connectivity index (χ4n) is 2.40. The van der Waals surface area contributed by atoms with Crippen LogP contribution in [-0.2, 0) is 0 Å². The van der Waals surface area contributed by atoms with Gasteiger partial charge in [0.25, 0.3) is 5.91 Å². The Morgan fingerprint density at radius 2 is 2.17 bits per heavy atom. The Morgan fingerprint density at radius 1 is 1.39 bits per heavy atom. The van der Waals surface area contributed by atoms with Crippen LogP contribution in [0.1, 0.15) is 10.4 Å². The number of anilines is 1. The number of rotatable bonds is 3. The van der Waals surface area contributed by atoms with Crippen molar-refractivity contribution in [2.75, 3.05) is 25.0 Å². The number of likely N-dealkylation sites (N-methyl/N-ethyl adjacent to an activating group) is 1. The van der Waals surface area contributed by atoms with Crippen LogP contribution in [0.5, 0.6) is 0 Å². The van der Waals surface area contributed by atoms with Gasteiger partial charge in [-0.15, -0.1) is 0 Å². The van der Waals surface area contributed by atoms with Gasteiger partial charge in [-0.1, -0.05) is 0 Å². The summed E-state index contributed by atoms with van der Waals surface area (Å²) < 4.78 is 0. The first-order valence-corrected chi connectivity index (χ1v) is 6.02. The maximum Gasteiger partial charge on any atom is 0.250 e. The molecule has 0 saturated carbocycles. The lowest BCUT2D eigenvalue weighted by molar-refractivity contribution is 0.100. The maximum absolute atomic E-state index is 11.4. The molecular weight excluding hydrogens is 228 g/mol. The summed E-state index contributed by atoms with van der Waals surface area (Å²) in [6, 6.07) is 6.26. The SMILES string of the molecule is CN(c1ccc(C(N)=O)c2[nH]ccc12)C1CNC1. The number of aromatic nitrogens is 1. The second kappa shape index (κ2) is 4.03. The van der Waals surface area contributed by atoms with Crippen LogP contribution >= 0.6 is 0 Å². The fourth-order valence-corrected chi connectivity index (χ4v) is 2.40. The molecule has 5 nitrogen and oxygen atoms in total. The van der Waals surface area contributed by atoms with Crippen LogP contribution in [-0.4, -0.2) is 37.1 Å². The third-order valence-corrected chi connectivity index (χ3v) is 3.65. The first-order chi connectivity index (χ1) is 8.68. The summed E-state index contributed by atoms with van der Waals surface area (Å²) in [5.41, 5.74) is 7.87. The van der Waals surface area contributed by atoms with Crippen molar-refractivity contribution in [2.24, 2.45) is 5.73 Å². The molecule has 2 aromatic rings. The Balaban J connectivity index is 2.10. The number of hydrogen-bond donors (Lipinski definition) is 3. The molecule has 1 aromatic heterocycles. The van der Waals surface area contributed by atoms with Gasteiger partial charge in [-0.05, 0) is 18.2 Å². The number of benzene rings is 1. The zero-order chi connectivity index (χ0) is 12.7. The number of hydrogen-bond acceptors (Lipinski definition) is 3. The van der Waals surface area contributed by atoms with E-state index < -0.39 is 5.91 Å². The first kappa shape index (κ1) is 11.1. The lowest BCUT2D eigenvalue weighted by Crippen LogP contribution is -2.56. The molecule has 1 aliphatic heterocycles. The molecule has 0 bridgehead atoms.